The molecule has 0 saturated carbocycles. The van der Waals surface area contributed by atoms with Gasteiger partial charge in [0.15, 0.2) is 4.34 Å². The molecule has 1 unspecified atom stereocenters. The van der Waals surface area contributed by atoms with Gasteiger partial charge in [0, 0.05) is 19.5 Å². The smallest absolute Gasteiger partial charge is 0.234 e. The van der Waals surface area contributed by atoms with Crippen LogP contribution in [0.2, 0.25) is 0 Å². The molecule has 0 aliphatic heterocycles. The number of nitrogens with one attached hydrogen (secondary N) is 2. The molecule has 0 radical (unpaired) electrons. The monoisotopic (exact) mass is 465 g/mol. The Morgan fingerprint density at radius 1 is 1.03 bits per heavy atom. The second kappa shape index (κ2) is 14.3. The minimum Gasteiger partial charge on any atom is -0.506 e. The van der Waals surface area contributed by atoms with Crippen LogP contribution in [-0.4, -0.2) is 40.2 Å². The molecule has 1 atom stereocenters. The summed E-state index contributed by atoms with van der Waals surface area (Å²) in [4.78, 5) is 29.8. The minimum atomic E-state index is -0.551. The molecule has 0 fully saturated rings. The van der Waals surface area contributed by atoms with E-state index < -0.39 is 5.25 Å². The zero-order valence-corrected chi connectivity index (χ0v) is 20.2. The first kappa shape index (κ1) is 25.5. The number of carbonyl (C=O) groups is 2. The van der Waals surface area contributed by atoms with Crippen LogP contribution in [0.3, 0.4) is 0 Å². The second-order valence-electron chi connectivity index (χ2n) is 7.68. The summed E-state index contributed by atoms with van der Waals surface area (Å²) in [5.74, 6) is -0.0613. The molecule has 6 nitrogen and oxygen atoms in total. The number of nitrogens with zero attached hydrogens (tertiary/aromatic N) is 1. The van der Waals surface area contributed by atoms with Gasteiger partial charge >= 0.3 is 0 Å². The molecule has 0 spiro atoms. The van der Waals surface area contributed by atoms with E-state index in [2.05, 4.69) is 29.5 Å². The molecule has 31 heavy (non-hydrogen) atoms. The minimum absolute atomic E-state index is 0.112. The maximum Gasteiger partial charge on any atom is 0.234 e. The van der Waals surface area contributed by atoms with E-state index in [9.17, 15) is 14.7 Å². The van der Waals surface area contributed by atoms with E-state index in [-0.39, 0.29) is 24.0 Å². The second-order valence-corrected chi connectivity index (χ2v) is 10.1. The van der Waals surface area contributed by atoms with Crippen LogP contribution in [0.25, 0.3) is 10.2 Å². The summed E-state index contributed by atoms with van der Waals surface area (Å²) in [5, 5.41) is 15.4. The molecule has 1 aromatic heterocycles. The molecule has 1 aromatic carbocycles. The molecule has 2 aromatic rings. The average molecular weight is 466 g/mol. The fourth-order valence-corrected chi connectivity index (χ4v) is 5.49. The van der Waals surface area contributed by atoms with Gasteiger partial charge in [-0.3, -0.25) is 9.59 Å². The average Bonchev–Trinajstić information content (AvgIpc) is 3.17. The SMILES string of the molecule is CCCCCCNC(=O)CC(Sc1nc2cccc(O)c2s1)C(=O)NCCCCCC. The van der Waals surface area contributed by atoms with Crippen molar-refractivity contribution < 1.29 is 14.7 Å². The van der Waals surface area contributed by atoms with Crippen molar-refractivity contribution in [3.8, 4) is 5.75 Å². The maximum atomic E-state index is 12.8. The Bertz CT molecular complexity index is 825. The molecule has 0 aliphatic rings. The summed E-state index contributed by atoms with van der Waals surface area (Å²) >= 11 is 2.65. The number of amides is 2. The number of carbonyl (C=O) groups excluding carboxylic acids is 2. The van der Waals surface area contributed by atoms with Crippen LogP contribution < -0.4 is 10.6 Å². The van der Waals surface area contributed by atoms with Crippen LogP contribution in [0.4, 0.5) is 0 Å². The van der Waals surface area contributed by atoms with Crippen molar-refractivity contribution in [1.82, 2.24) is 15.6 Å². The van der Waals surface area contributed by atoms with Crippen LogP contribution >= 0.6 is 23.1 Å². The number of aromatic hydroxyl groups is 1. The number of thiazole rings is 1. The third kappa shape index (κ3) is 9.07. The van der Waals surface area contributed by atoms with E-state index in [0.29, 0.717) is 27.6 Å². The van der Waals surface area contributed by atoms with Crippen LogP contribution in [0.5, 0.6) is 5.75 Å². The van der Waals surface area contributed by atoms with Crippen molar-refractivity contribution in [2.45, 2.75) is 81.2 Å². The Labute approximate surface area is 193 Å². The summed E-state index contributed by atoms with van der Waals surface area (Å²) in [5.41, 5.74) is 0.701. The maximum absolute atomic E-state index is 12.8. The van der Waals surface area contributed by atoms with E-state index in [4.69, 9.17) is 0 Å². The predicted molar refractivity (Wildman–Crippen MR) is 130 cm³/mol. The number of phenols is 1. The van der Waals surface area contributed by atoms with Crippen molar-refractivity contribution in [3.05, 3.63) is 18.2 Å². The van der Waals surface area contributed by atoms with E-state index in [1.807, 2.05) is 6.07 Å². The van der Waals surface area contributed by atoms with E-state index in [1.54, 1.807) is 12.1 Å². The van der Waals surface area contributed by atoms with Crippen LogP contribution in [0.15, 0.2) is 22.5 Å². The molecular formula is C23H35N3O3S2. The number of thioether (sulfide) groups is 1. The molecule has 2 amide bonds. The molecule has 0 saturated heterocycles. The zero-order chi connectivity index (χ0) is 22.5. The van der Waals surface area contributed by atoms with Crippen molar-refractivity contribution in [2.24, 2.45) is 0 Å². The lowest BCUT2D eigenvalue weighted by atomic mass is 10.2. The Balaban J connectivity index is 1.97. The third-order valence-corrected chi connectivity index (χ3v) is 7.35. The molecule has 0 aliphatic carbocycles. The van der Waals surface area contributed by atoms with Crippen molar-refractivity contribution >= 4 is 45.1 Å². The normalized spacial score (nSPS) is 12.1. The lowest BCUT2D eigenvalue weighted by molar-refractivity contribution is -0.125. The standard InChI is InChI=1S/C23H35N3O3S2/c1-3-5-7-9-14-24-20(28)16-19(22(29)25-15-10-8-6-4-2)30-23-26-17-12-11-13-18(27)21(17)31-23/h11-13,19,27H,3-10,14-16H2,1-2H3,(H,24,28)(H,25,29). The van der Waals surface area contributed by atoms with Crippen molar-refractivity contribution in [3.63, 3.8) is 0 Å². The number of hydrogen-bond donors (Lipinski definition) is 3. The number of hydrogen-bond acceptors (Lipinski definition) is 6. The van der Waals surface area contributed by atoms with Gasteiger partial charge < -0.3 is 15.7 Å². The van der Waals surface area contributed by atoms with Gasteiger partial charge in [-0.05, 0) is 25.0 Å². The topological polar surface area (TPSA) is 91.3 Å². The summed E-state index contributed by atoms with van der Waals surface area (Å²) < 4.78 is 1.38. The largest absolute Gasteiger partial charge is 0.506 e. The number of phenolic OH excluding ortho intramolecular Hbond substituents is 1. The molecule has 2 rings (SSSR count). The van der Waals surface area contributed by atoms with Crippen LogP contribution in [0, 0.1) is 0 Å². The highest BCUT2D eigenvalue weighted by Crippen LogP contribution is 2.37. The molecular weight excluding hydrogens is 430 g/mol. The van der Waals surface area contributed by atoms with E-state index in [1.165, 1.54) is 29.5 Å². The van der Waals surface area contributed by atoms with Gasteiger partial charge in [0.2, 0.25) is 11.8 Å². The van der Waals surface area contributed by atoms with E-state index >= 15 is 0 Å². The fraction of sp³-hybridized carbons (Fsp3) is 0.609. The number of aromatic nitrogens is 1. The number of unbranched alkanes of at least 4 members (excludes halogenated alkanes) is 6. The Morgan fingerprint density at radius 3 is 2.35 bits per heavy atom. The summed E-state index contributed by atoms with van der Waals surface area (Å²) in [7, 11) is 0. The van der Waals surface area contributed by atoms with Gasteiger partial charge in [-0.25, -0.2) is 4.98 Å². The molecule has 0 bridgehead atoms. The Morgan fingerprint density at radius 2 is 1.71 bits per heavy atom. The van der Waals surface area contributed by atoms with Crippen LogP contribution in [-0.2, 0) is 9.59 Å². The number of rotatable bonds is 15. The highest BCUT2D eigenvalue weighted by molar-refractivity contribution is 8.02. The highest BCUT2D eigenvalue weighted by atomic mass is 32.2. The summed E-state index contributed by atoms with van der Waals surface area (Å²) in [6.07, 6.45) is 8.82. The van der Waals surface area contributed by atoms with Gasteiger partial charge in [0.25, 0.3) is 0 Å². The fourth-order valence-electron chi connectivity index (χ4n) is 3.17. The lowest BCUT2D eigenvalue weighted by Gasteiger charge is -2.15. The third-order valence-electron chi connectivity index (χ3n) is 4.96. The zero-order valence-electron chi connectivity index (χ0n) is 18.6. The first-order chi connectivity index (χ1) is 15.0. The first-order valence-electron chi connectivity index (χ1n) is 11.3. The Hall–Kier alpha value is -1.80. The summed E-state index contributed by atoms with van der Waals surface area (Å²) in [6, 6.07) is 5.21. The number of benzene rings is 1. The summed E-state index contributed by atoms with van der Waals surface area (Å²) in [6.45, 7) is 5.57. The van der Waals surface area contributed by atoms with Gasteiger partial charge in [-0.2, -0.15) is 0 Å². The van der Waals surface area contributed by atoms with Gasteiger partial charge in [-0.15, -0.1) is 11.3 Å². The van der Waals surface area contributed by atoms with Gasteiger partial charge in [-0.1, -0.05) is 70.2 Å². The van der Waals surface area contributed by atoms with Gasteiger partial charge in [0.1, 0.15) is 5.75 Å². The van der Waals surface area contributed by atoms with Crippen molar-refractivity contribution in [1.29, 1.82) is 0 Å². The molecule has 3 N–H and O–H groups in total. The molecule has 8 heteroatoms. The molecule has 1 heterocycles. The highest BCUT2D eigenvalue weighted by Gasteiger charge is 2.25. The van der Waals surface area contributed by atoms with Gasteiger partial charge in [0.05, 0.1) is 15.5 Å². The van der Waals surface area contributed by atoms with E-state index in [0.717, 1.165) is 44.9 Å². The first-order valence-corrected chi connectivity index (χ1v) is 13.0. The lowest BCUT2D eigenvalue weighted by Crippen LogP contribution is -2.37. The van der Waals surface area contributed by atoms with Crippen LogP contribution in [0.1, 0.15) is 71.6 Å². The quantitative estimate of drug-likeness (QED) is 0.247. The van der Waals surface area contributed by atoms with Crippen molar-refractivity contribution in [2.75, 3.05) is 13.1 Å². The molecule has 172 valence electrons. The number of fused-ring (bicyclic) bond motifs is 1. The Kier molecular flexibility index (Phi) is 11.7. The predicted octanol–water partition coefficient (Wildman–Crippen LogP) is 5.25.